The monoisotopic (exact) mass is 244 g/mol. The first-order chi connectivity index (χ1) is 8.70. The lowest BCUT2D eigenvalue weighted by atomic mass is 10.1. The van der Waals surface area contributed by atoms with Crippen LogP contribution in [-0.4, -0.2) is 0 Å². The minimum atomic E-state index is -0.146. The Morgan fingerprint density at radius 3 is 2.61 bits per heavy atom. The van der Waals surface area contributed by atoms with Crippen molar-refractivity contribution in [1.29, 1.82) is 0 Å². The number of hydrogen-bond donors (Lipinski definition) is 0. The molecule has 1 aromatic carbocycles. The van der Waals surface area contributed by atoms with Crippen LogP contribution < -0.4 is 10.2 Å². The van der Waals surface area contributed by atoms with Crippen molar-refractivity contribution in [2.24, 2.45) is 0 Å². The van der Waals surface area contributed by atoms with Gasteiger partial charge in [0.05, 0.1) is 0 Å². The van der Waals surface area contributed by atoms with Gasteiger partial charge in [0.25, 0.3) is 0 Å². The normalized spacial score (nSPS) is 10.3. The predicted molar refractivity (Wildman–Crippen MR) is 69.9 cm³/mol. The lowest BCUT2D eigenvalue weighted by Crippen LogP contribution is -2.08. The largest absolute Gasteiger partial charge is 0.482 e. The average Bonchev–Trinajstić information content (AvgIpc) is 2.38. The highest BCUT2D eigenvalue weighted by molar-refractivity contribution is 5.27. The molecule has 3 nitrogen and oxygen atoms in total. The highest BCUT2D eigenvalue weighted by Crippen LogP contribution is 2.13. The summed E-state index contributed by atoms with van der Waals surface area (Å²) in [4.78, 5) is 11.6. The van der Waals surface area contributed by atoms with Gasteiger partial charge >= 0.3 is 0 Å². The summed E-state index contributed by atoms with van der Waals surface area (Å²) in [7, 11) is 0. The van der Waals surface area contributed by atoms with Crippen LogP contribution in [0.25, 0.3) is 0 Å². The van der Waals surface area contributed by atoms with Crippen LogP contribution in [0.1, 0.15) is 23.8 Å². The van der Waals surface area contributed by atoms with E-state index < -0.39 is 0 Å². The van der Waals surface area contributed by atoms with Gasteiger partial charge in [-0.3, -0.25) is 4.79 Å². The van der Waals surface area contributed by atoms with Gasteiger partial charge in [0.1, 0.15) is 18.6 Å². The second-order valence-corrected chi connectivity index (χ2v) is 4.13. The molecule has 2 aromatic rings. The van der Waals surface area contributed by atoms with Crippen molar-refractivity contribution in [3.05, 3.63) is 63.7 Å². The Labute approximate surface area is 106 Å². The van der Waals surface area contributed by atoms with Crippen LogP contribution >= 0.6 is 0 Å². The fraction of sp³-hybridized carbons (Fsp3) is 0.267. The van der Waals surface area contributed by atoms with E-state index in [2.05, 4.69) is 13.0 Å². The fourth-order valence-corrected chi connectivity index (χ4v) is 1.80. The zero-order chi connectivity index (χ0) is 13.0. The minimum absolute atomic E-state index is 0.146. The van der Waals surface area contributed by atoms with Gasteiger partial charge in [-0.1, -0.05) is 31.2 Å². The van der Waals surface area contributed by atoms with Gasteiger partial charge in [0.2, 0.25) is 11.2 Å². The van der Waals surface area contributed by atoms with Crippen molar-refractivity contribution in [2.75, 3.05) is 0 Å². The van der Waals surface area contributed by atoms with E-state index in [0.717, 1.165) is 12.0 Å². The van der Waals surface area contributed by atoms with E-state index in [9.17, 15) is 4.79 Å². The molecule has 0 N–H and O–H groups in total. The lowest BCUT2D eigenvalue weighted by Gasteiger charge is -2.09. The van der Waals surface area contributed by atoms with Gasteiger partial charge in [-0.05, 0) is 24.5 Å². The van der Waals surface area contributed by atoms with Crippen LogP contribution in [0.2, 0.25) is 0 Å². The van der Waals surface area contributed by atoms with Gasteiger partial charge in [-0.15, -0.1) is 0 Å². The minimum Gasteiger partial charge on any atom is -0.482 e. The zero-order valence-corrected chi connectivity index (χ0v) is 10.6. The first-order valence-corrected chi connectivity index (χ1v) is 5.99. The topological polar surface area (TPSA) is 39.4 Å². The molecule has 0 saturated heterocycles. The Kier molecular flexibility index (Phi) is 3.82. The first kappa shape index (κ1) is 12.4. The molecule has 0 atom stereocenters. The van der Waals surface area contributed by atoms with Crippen molar-refractivity contribution in [1.82, 2.24) is 0 Å². The molecule has 1 aromatic heterocycles. The molecular formula is C15H16O3. The smallest absolute Gasteiger partial charge is 0.226 e. The third-order valence-corrected chi connectivity index (χ3v) is 2.81. The second-order valence-electron chi connectivity index (χ2n) is 4.13. The van der Waals surface area contributed by atoms with E-state index in [-0.39, 0.29) is 11.2 Å². The van der Waals surface area contributed by atoms with E-state index in [4.69, 9.17) is 9.15 Å². The zero-order valence-electron chi connectivity index (χ0n) is 10.6. The fourth-order valence-electron chi connectivity index (χ4n) is 1.80. The number of aryl methyl sites for hydroxylation is 2. The van der Waals surface area contributed by atoms with Gasteiger partial charge < -0.3 is 9.15 Å². The maximum Gasteiger partial charge on any atom is 0.226 e. The molecule has 0 aliphatic heterocycles. The third-order valence-electron chi connectivity index (χ3n) is 2.81. The van der Waals surface area contributed by atoms with E-state index >= 15 is 0 Å². The predicted octanol–water partition coefficient (Wildman–Crippen LogP) is 3.09. The molecule has 0 aliphatic carbocycles. The summed E-state index contributed by atoms with van der Waals surface area (Å²) in [6.45, 7) is 4.22. The molecule has 94 valence electrons. The molecule has 0 unspecified atom stereocenters. The van der Waals surface area contributed by atoms with Gasteiger partial charge in [0, 0.05) is 6.07 Å². The highest BCUT2D eigenvalue weighted by atomic mass is 16.5. The SMILES string of the molecule is CCc1ccccc1COc1coc(C)cc1=O. The van der Waals surface area contributed by atoms with Crippen molar-refractivity contribution in [2.45, 2.75) is 26.9 Å². The average molecular weight is 244 g/mol. The number of hydrogen-bond acceptors (Lipinski definition) is 3. The maximum atomic E-state index is 11.6. The Bertz CT molecular complexity index is 584. The van der Waals surface area contributed by atoms with Crippen LogP contribution in [0.3, 0.4) is 0 Å². The van der Waals surface area contributed by atoms with Gasteiger partial charge in [-0.2, -0.15) is 0 Å². The summed E-state index contributed by atoms with van der Waals surface area (Å²) in [5.41, 5.74) is 2.18. The van der Waals surface area contributed by atoms with Crippen molar-refractivity contribution in [3.63, 3.8) is 0 Å². The highest BCUT2D eigenvalue weighted by Gasteiger charge is 2.05. The molecule has 3 heteroatoms. The molecule has 0 saturated carbocycles. The van der Waals surface area contributed by atoms with Crippen molar-refractivity contribution >= 4 is 0 Å². The standard InChI is InChI=1S/C15H16O3/c1-3-12-6-4-5-7-13(12)9-18-15-10-17-11(2)8-14(15)16/h4-8,10H,3,9H2,1-2H3. The molecule has 2 rings (SSSR count). The number of ether oxygens (including phenoxy) is 1. The summed E-state index contributed by atoms with van der Waals surface area (Å²) in [5.74, 6) is 0.841. The Morgan fingerprint density at radius 1 is 1.22 bits per heavy atom. The summed E-state index contributed by atoms with van der Waals surface area (Å²) in [5, 5.41) is 0. The quantitative estimate of drug-likeness (QED) is 0.829. The molecule has 0 aliphatic rings. The lowest BCUT2D eigenvalue weighted by molar-refractivity contribution is 0.289. The first-order valence-electron chi connectivity index (χ1n) is 5.99. The van der Waals surface area contributed by atoms with Crippen LogP contribution in [-0.2, 0) is 13.0 Å². The van der Waals surface area contributed by atoms with Gasteiger partial charge in [0.15, 0.2) is 0 Å². The van der Waals surface area contributed by atoms with E-state index in [1.165, 1.54) is 17.9 Å². The molecule has 1 heterocycles. The van der Waals surface area contributed by atoms with E-state index in [1.54, 1.807) is 6.92 Å². The molecule has 0 amide bonds. The summed E-state index contributed by atoms with van der Waals surface area (Å²) >= 11 is 0. The molecule has 0 radical (unpaired) electrons. The molecule has 18 heavy (non-hydrogen) atoms. The van der Waals surface area contributed by atoms with Gasteiger partial charge in [-0.25, -0.2) is 0 Å². The summed E-state index contributed by atoms with van der Waals surface area (Å²) in [6.07, 6.45) is 2.31. The maximum absolute atomic E-state index is 11.6. The summed E-state index contributed by atoms with van der Waals surface area (Å²) in [6, 6.07) is 9.48. The Morgan fingerprint density at radius 2 is 1.94 bits per heavy atom. The van der Waals surface area contributed by atoms with Crippen molar-refractivity contribution < 1.29 is 9.15 Å². The van der Waals surface area contributed by atoms with Crippen LogP contribution in [0.15, 0.2) is 45.8 Å². The number of rotatable bonds is 4. The van der Waals surface area contributed by atoms with Crippen LogP contribution in [0.5, 0.6) is 5.75 Å². The second kappa shape index (κ2) is 5.54. The van der Waals surface area contributed by atoms with E-state index in [1.807, 2.05) is 18.2 Å². The Hall–Kier alpha value is -2.03. The molecule has 0 bridgehead atoms. The Balaban J connectivity index is 2.14. The molecule has 0 fully saturated rings. The van der Waals surface area contributed by atoms with Crippen molar-refractivity contribution in [3.8, 4) is 5.75 Å². The number of benzene rings is 1. The summed E-state index contributed by atoms with van der Waals surface area (Å²) < 4.78 is 10.7. The molecular weight excluding hydrogens is 228 g/mol. The third kappa shape index (κ3) is 2.80. The van der Waals surface area contributed by atoms with Crippen LogP contribution in [0.4, 0.5) is 0 Å². The van der Waals surface area contributed by atoms with E-state index in [0.29, 0.717) is 12.4 Å². The molecule has 0 spiro atoms. The van der Waals surface area contributed by atoms with Crippen LogP contribution in [0, 0.1) is 6.92 Å².